The molecule has 6 heteroatoms. The maximum absolute atomic E-state index is 14.2. The minimum Gasteiger partial charge on any atom is -0.399 e. The van der Waals surface area contributed by atoms with Crippen LogP contribution in [0.2, 0.25) is 0 Å². The van der Waals surface area contributed by atoms with Crippen molar-refractivity contribution in [1.29, 1.82) is 0 Å². The van der Waals surface area contributed by atoms with Gasteiger partial charge in [-0.05, 0) is 33.8 Å². The lowest BCUT2D eigenvalue weighted by Gasteiger charge is -2.32. The quantitative estimate of drug-likeness (QED) is 0.609. The van der Waals surface area contributed by atoms with E-state index in [0.717, 1.165) is 0 Å². The first-order valence-electron chi connectivity index (χ1n) is 6.21. The van der Waals surface area contributed by atoms with Crippen molar-refractivity contribution in [1.82, 2.24) is 4.98 Å². The Labute approximate surface area is 112 Å². The molecule has 0 aromatic carbocycles. The summed E-state index contributed by atoms with van der Waals surface area (Å²) in [5, 5.41) is 0. The lowest BCUT2D eigenvalue weighted by Crippen LogP contribution is -2.41. The van der Waals surface area contributed by atoms with E-state index in [-0.39, 0.29) is 17.6 Å². The molecular formula is C13H17BFNO3. The van der Waals surface area contributed by atoms with Crippen molar-refractivity contribution >= 4 is 18.9 Å². The standard InChI is InChI=1S/C13H17BFNO3/c1-12(2)13(3,4)19-14(18-12)9-5-7-16-10(6-8-17)11(9)15/h5,7-8H,6H2,1-4H3. The molecule has 0 bridgehead atoms. The number of aromatic nitrogens is 1. The van der Waals surface area contributed by atoms with E-state index in [2.05, 4.69) is 4.98 Å². The zero-order chi connectivity index (χ0) is 14.3. The Hall–Kier alpha value is -1.27. The predicted molar refractivity (Wildman–Crippen MR) is 69.7 cm³/mol. The largest absolute Gasteiger partial charge is 0.497 e. The second kappa shape index (κ2) is 4.69. The Morgan fingerprint density at radius 1 is 1.32 bits per heavy atom. The molecule has 2 rings (SSSR count). The SMILES string of the molecule is CC1(C)OB(c2ccnc(CC=O)c2F)OC1(C)C. The van der Waals surface area contributed by atoms with Crippen LogP contribution in [0.1, 0.15) is 33.4 Å². The summed E-state index contributed by atoms with van der Waals surface area (Å²) in [5.41, 5.74) is -0.663. The fraction of sp³-hybridized carbons (Fsp3) is 0.538. The van der Waals surface area contributed by atoms with Crippen molar-refractivity contribution in [2.45, 2.75) is 45.3 Å². The molecule has 1 aliphatic rings. The van der Waals surface area contributed by atoms with Gasteiger partial charge in [-0.3, -0.25) is 4.98 Å². The Kier molecular flexibility index (Phi) is 3.49. The van der Waals surface area contributed by atoms with Gasteiger partial charge in [0.2, 0.25) is 0 Å². The summed E-state index contributed by atoms with van der Waals surface area (Å²) < 4.78 is 25.8. The van der Waals surface area contributed by atoms with Crippen LogP contribution in [0.25, 0.3) is 0 Å². The van der Waals surface area contributed by atoms with Gasteiger partial charge in [-0.15, -0.1) is 0 Å². The smallest absolute Gasteiger partial charge is 0.399 e. The van der Waals surface area contributed by atoms with Crippen LogP contribution in [0.3, 0.4) is 0 Å². The number of halogens is 1. The van der Waals surface area contributed by atoms with Gasteiger partial charge < -0.3 is 14.1 Å². The first kappa shape index (κ1) is 14.2. The normalized spacial score (nSPS) is 20.6. The van der Waals surface area contributed by atoms with Gasteiger partial charge in [0.25, 0.3) is 0 Å². The first-order chi connectivity index (χ1) is 8.78. The lowest BCUT2D eigenvalue weighted by atomic mass is 9.78. The maximum atomic E-state index is 14.2. The van der Waals surface area contributed by atoms with E-state index < -0.39 is 24.1 Å². The van der Waals surface area contributed by atoms with Gasteiger partial charge in [0.05, 0.1) is 16.9 Å². The van der Waals surface area contributed by atoms with Crippen LogP contribution < -0.4 is 5.46 Å². The minimum absolute atomic E-state index is 0.0564. The second-order valence-corrected chi connectivity index (χ2v) is 5.62. The Bertz CT molecular complexity index is 489. The molecule has 0 aliphatic carbocycles. The number of aldehydes is 1. The van der Waals surface area contributed by atoms with E-state index in [0.29, 0.717) is 6.29 Å². The van der Waals surface area contributed by atoms with Crippen LogP contribution in [0, 0.1) is 5.82 Å². The monoisotopic (exact) mass is 265 g/mol. The Morgan fingerprint density at radius 3 is 2.42 bits per heavy atom. The van der Waals surface area contributed by atoms with Crippen molar-refractivity contribution in [3.05, 3.63) is 23.8 Å². The van der Waals surface area contributed by atoms with Crippen molar-refractivity contribution in [2.24, 2.45) is 0 Å². The molecule has 0 saturated carbocycles. The minimum atomic E-state index is -0.779. The summed E-state index contributed by atoms with van der Waals surface area (Å²) in [6.45, 7) is 7.60. The topological polar surface area (TPSA) is 48.4 Å². The molecule has 19 heavy (non-hydrogen) atoms. The van der Waals surface area contributed by atoms with Gasteiger partial charge in [0.15, 0.2) is 0 Å². The Balaban J connectivity index is 2.34. The summed E-state index contributed by atoms with van der Waals surface area (Å²) in [6.07, 6.45) is 2.03. The molecule has 1 aliphatic heterocycles. The van der Waals surface area contributed by atoms with E-state index in [9.17, 15) is 9.18 Å². The summed E-state index contributed by atoms with van der Waals surface area (Å²) in [6, 6.07) is 1.52. The summed E-state index contributed by atoms with van der Waals surface area (Å²) in [4.78, 5) is 14.4. The molecule has 0 N–H and O–H groups in total. The van der Waals surface area contributed by atoms with Gasteiger partial charge in [-0.2, -0.15) is 0 Å². The molecule has 0 radical (unpaired) electrons. The summed E-state index contributed by atoms with van der Waals surface area (Å²) in [5.74, 6) is -0.534. The van der Waals surface area contributed by atoms with Crippen LogP contribution >= 0.6 is 0 Å². The molecule has 0 atom stereocenters. The maximum Gasteiger partial charge on any atom is 0.497 e. The van der Waals surface area contributed by atoms with Crippen LogP contribution in [0.15, 0.2) is 12.3 Å². The summed E-state index contributed by atoms with van der Waals surface area (Å²) in [7, 11) is -0.779. The van der Waals surface area contributed by atoms with Gasteiger partial charge in [-0.25, -0.2) is 4.39 Å². The molecular weight excluding hydrogens is 248 g/mol. The first-order valence-corrected chi connectivity index (χ1v) is 6.21. The molecule has 1 aromatic heterocycles. The number of carbonyl (C=O) groups is 1. The molecule has 0 unspecified atom stereocenters. The van der Waals surface area contributed by atoms with Crippen LogP contribution in [-0.4, -0.2) is 29.6 Å². The van der Waals surface area contributed by atoms with Gasteiger partial charge >= 0.3 is 7.12 Å². The average Bonchev–Trinajstić information content (AvgIpc) is 2.51. The fourth-order valence-corrected chi connectivity index (χ4v) is 1.88. The van der Waals surface area contributed by atoms with Gasteiger partial charge in [0.1, 0.15) is 12.1 Å². The highest BCUT2D eigenvalue weighted by Crippen LogP contribution is 2.36. The second-order valence-electron chi connectivity index (χ2n) is 5.62. The molecule has 2 heterocycles. The number of hydrogen-bond donors (Lipinski definition) is 0. The molecule has 0 amide bonds. The van der Waals surface area contributed by atoms with Crippen molar-refractivity contribution in [3.8, 4) is 0 Å². The molecule has 1 fully saturated rings. The van der Waals surface area contributed by atoms with E-state index in [1.165, 1.54) is 12.3 Å². The highest BCUT2D eigenvalue weighted by molar-refractivity contribution is 6.62. The molecule has 0 spiro atoms. The number of pyridine rings is 1. The predicted octanol–water partition coefficient (Wildman–Crippen LogP) is 1.26. The third kappa shape index (κ3) is 2.42. The van der Waals surface area contributed by atoms with E-state index in [1.807, 2.05) is 27.7 Å². The van der Waals surface area contributed by atoms with Crippen molar-refractivity contribution in [3.63, 3.8) is 0 Å². The fourth-order valence-electron chi connectivity index (χ4n) is 1.88. The van der Waals surface area contributed by atoms with Crippen LogP contribution in [0.5, 0.6) is 0 Å². The number of rotatable bonds is 3. The average molecular weight is 265 g/mol. The molecule has 1 saturated heterocycles. The van der Waals surface area contributed by atoms with Gasteiger partial charge in [0, 0.05) is 18.1 Å². The van der Waals surface area contributed by atoms with Crippen molar-refractivity contribution < 1.29 is 18.5 Å². The van der Waals surface area contributed by atoms with Gasteiger partial charge in [-0.1, -0.05) is 0 Å². The highest BCUT2D eigenvalue weighted by atomic mass is 19.1. The van der Waals surface area contributed by atoms with E-state index in [1.54, 1.807) is 0 Å². The van der Waals surface area contributed by atoms with Crippen molar-refractivity contribution in [2.75, 3.05) is 0 Å². The third-order valence-corrected chi connectivity index (χ3v) is 3.78. The Morgan fingerprint density at radius 2 is 1.89 bits per heavy atom. The summed E-state index contributed by atoms with van der Waals surface area (Å²) >= 11 is 0. The molecule has 102 valence electrons. The van der Waals surface area contributed by atoms with E-state index >= 15 is 0 Å². The van der Waals surface area contributed by atoms with E-state index in [4.69, 9.17) is 9.31 Å². The highest BCUT2D eigenvalue weighted by Gasteiger charge is 2.52. The third-order valence-electron chi connectivity index (χ3n) is 3.78. The van der Waals surface area contributed by atoms with Crippen LogP contribution in [0.4, 0.5) is 4.39 Å². The number of carbonyl (C=O) groups excluding carboxylic acids is 1. The number of nitrogens with zero attached hydrogens (tertiary/aromatic N) is 1. The van der Waals surface area contributed by atoms with Crippen LogP contribution in [-0.2, 0) is 20.5 Å². The molecule has 4 nitrogen and oxygen atoms in total. The molecule has 1 aromatic rings. The number of hydrogen-bond acceptors (Lipinski definition) is 4. The zero-order valence-electron chi connectivity index (χ0n) is 11.6. The lowest BCUT2D eigenvalue weighted by molar-refractivity contribution is -0.107. The zero-order valence-corrected chi connectivity index (χ0v) is 11.6.